The second-order valence-corrected chi connectivity index (χ2v) is 5.45. The molecule has 2 unspecified atom stereocenters. The third-order valence-electron chi connectivity index (χ3n) is 2.76. The molecule has 2 heterocycles. The molecule has 0 aromatic rings. The van der Waals surface area contributed by atoms with Crippen LogP contribution in [0.4, 0.5) is 0 Å². The maximum atomic E-state index is 5.66. The van der Waals surface area contributed by atoms with Crippen LogP contribution in [0, 0.1) is 0 Å². The molecule has 0 N–H and O–H groups in total. The Bertz CT molecular complexity index is 153. The summed E-state index contributed by atoms with van der Waals surface area (Å²) in [5.74, 6) is 1.40. The first-order valence-electron chi connectivity index (χ1n) is 5.80. The first-order chi connectivity index (χ1) is 6.95. The zero-order valence-corrected chi connectivity index (χ0v) is 9.56. The van der Waals surface area contributed by atoms with Crippen molar-refractivity contribution in [2.75, 3.05) is 19.0 Å². The van der Waals surface area contributed by atoms with E-state index in [1.807, 2.05) is 0 Å². The van der Waals surface area contributed by atoms with Gasteiger partial charge in [-0.05, 0) is 32.1 Å². The fraction of sp³-hybridized carbons (Fsp3) is 1.00. The topological polar surface area (TPSA) is 18.5 Å². The van der Waals surface area contributed by atoms with Crippen LogP contribution in [-0.4, -0.2) is 30.5 Å². The molecule has 0 radical (unpaired) electrons. The lowest BCUT2D eigenvalue weighted by atomic mass is 10.2. The highest BCUT2D eigenvalue weighted by molar-refractivity contribution is 8.06. The molecule has 0 aromatic carbocycles. The zero-order chi connectivity index (χ0) is 9.64. The van der Waals surface area contributed by atoms with E-state index in [0.717, 1.165) is 24.9 Å². The molecule has 2 aliphatic heterocycles. The van der Waals surface area contributed by atoms with Gasteiger partial charge in [0.15, 0.2) is 6.29 Å². The van der Waals surface area contributed by atoms with Crippen molar-refractivity contribution in [1.29, 1.82) is 0 Å². The van der Waals surface area contributed by atoms with Gasteiger partial charge in [0.05, 0.1) is 0 Å². The third-order valence-corrected chi connectivity index (χ3v) is 3.80. The first kappa shape index (κ1) is 10.8. The lowest BCUT2D eigenvalue weighted by molar-refractivity contribution is -0.162. The predicted octanol–water partition coefficient (Wildman–Crippen LogP) is 2.82. The number of rotatable bonds is 6. The van der Waals surface area contributed by atoms with Gasteiger partial charge in [0.1, 0.15) is 0 Å². The molecule has 2 nitrogen and oxygen atoms in total. The maximum absolute atomic E-state index is 5.66. The summed E-state index contributed by atoms with van der Waals surface area (Å²) in [6.07, 6.45) is 7.60. The van der Waals surface area contributed by atoms with Crippen molar-refractivity contribution in [3.63, 3.8) is 0 Å². The van der Waals surface area contributed by atoms with Crippen LogP contribution in [0.3, 0.4) is 0 Å². The predicted molar refractivity (Wildman–Crippen MR) is 59.6 cm³/mol. The largest absolute Gasteiger partial charge is 0.353 e. The Balaban J connectivity index is 1.41. The average molecular weight is 216 g/mol. The van der Waals surface area contributed by atoms with E-state index in [-0.39, 0.29) is 6.29 Å². The van der Waals surface area contributed by atoms with Gasteiger partial charge in [0.25, 0.3) is 0 Å². The van der Waals surface area contributed by atoms with Crippen LogP contribution in [-0.2, 0) is 9.47 Å². The number of hydrogen-bond donors (Lipinski definition) is 0. The van der Waals surface area contributed by atoms with Gasteiger partial charge in [0.2, 0.25) is 0 Å². The fourth-order valence-corrected chi connectivity index (χ4v) is 2.40. The minimum Gasteiger partial charge on any atom is -0.353 e. The van der Waals surface area contributed by atoms with E-state index < -0.39 is 0 Å². The summed E-state index contributed by atoms with van der Waals surface area (Å²) in [6.45, 7) is 1.78. The molecule has 2 fully saturated rings. The van der Waals surface area contributed by atoms with Crippen LogP contribution < -0.4 is 0 Å². The third kappa shape index (κ3) is 4.20. The number of ether oxygens (including phenoxy) is 2. The minimum atomic E-state index is 0.110. The lowest BCUT2D eigenvalue weighted by Gasteiger charge is -2.22. The summed E-state index contributed by atoms with van der Waals surface area (Å²) in [7, 11) is 0. The van der Waals surface area contributed by atoms with Gasteiger partial charge in [-0.1, -0.05) is 6.42 Å². The number of hydrogen-bond acceptors (Lipinski definition) is 3. The average Bonchev–Trinajstić information content (AvgIpc) is 3.03. The molecule has 14 heavy (non-hydrogen) atoms. The Kier molecular flexibility index (Phi) is 4.61. The van der Waals surface area contributed by atoms with E-state index in [9.17, 15) is 0 Å². The van der Waals surface area contributed by atoms with E-state index >= 15 is 0 Å². The van der Waals surface area contributed by atoms with Crippen LogP contribution in [0.1, 0.15) is 38.5 Å². The number of thioether (sulfide) groups is 1. The van der Waals surface area contributed by atoms with Crippen molar-refractivity contribution < 1.29 is 9.47 Å². The summed E-state index contributed by atoms with van der Waals surface area (Å²) in [5.41, 5.74) is 0. The number of unbranched alkanes of at least 4 members (excludes halogenated alkanes) is 1. The second kappa shape index (κ2) is 5.99. The first-order valence-corrected chi connectivity index (χ1v) is 6.85. The Morgan fingerprint density at radius 2 is 2.21 bits per heavy atom. The van der Waals surface area contributed by atoms with Gasteiger partial charge in [-0.25, -0.2) is 0 Å². The molecule has 0 aromatic heterocycles. The van der Waals surface area contributed by atoms with Gasteiger partial charge in [-0.15, -0.1) is 0 Å². The van der Waals surface area contributed by atoms with Crippen molar-refractivity contribution in [2.45, 2.75) is 50.1 Å². The summed E-state index contributed by atoms with van der Waals surface area (Å²) in [6, 6.07) is 0. The smallest absolute Gasteiger partial charge is 0.157 e. The molecule has 82 valence electrons. The Morgan fingerprint density at radius 1 is 1.29 bits per heavy atom. The summed E-state index contributed by atoms with van der Waals surface area (Å²) >= 11 is 2.09. The van der Waals surface area contributed by atoms with Crippen molar-refractivity contribution in [3.8, 4) is 0 Å². The highest BCUT2D eigenvalue weighted by atomic mass is 32.2. The Morgan fingerprint density at radius 3 is 2.93 bits per heavy atom. The highest BCUT2D eigenvalue weighted by Crippen LogP contribution is 2.34. The molecule has 2 atom stereocenters. The normalized spacial score (nSPS) is 31.7. The second-order valence-electron chi connectivity index (χ2n) is 4.12. The van der Waals surface area contributed by atoms with E-state index in [1.54, 1.807) is 0 Å². The SMILES string of the molecule is C1CCC(OCCCCC2CS2)OC1. The summed E-state index contributed by atoms with van der Waals surface area (Å²) < 4.78 is 11.1. The molecule has 3 heteroatoms. The van der Waals surface area contributed by atoms with Crippen molar-refractivity contribution >= 4 is 11.8 Å². The van der Waals surface area contributed by atoms with Gasteiger partial charge >= 0.3 is 0 Å². The Labute approximate surface area is 90.7 Å². The zero-order valence-electron chi connectivity index (χ0n) is 8.74. The van der Waals surface area contributed by atoms with Crippen molar-refractivity contribution in [3.05, 3.63) is 0 Å². The van der Waals surface area contributed by atoms with Gasteiger partial charge < -0.3 is 9.47 Å². The van der Waals surface area contributed by atoms with Gasteiger partial charge in [-0.3, -0.25) is 0 Å². The molecule has 0 saturated carbocycles. The lowest BCUT2D eigenvalue weighted by Crippen LogP contribution is -2.22. The summed E-state index contributed by atoms with van der Waals surface area (Å²) in [5, 5.41) is 0.987. The fourth-order valence-electron chi connectivity index (χ4n) is 1.77. The molecule has 0 aliphatic carbocycles. The molecule has 2 aliphatic rings. The van der Waals surface area contributed by atoms with Crippen molar-refractivity contribution in [1.82, 2.24) is 0 Å². The van der Waals surface area contributed by atoms with E-state index in [0.29, 0.717) is 0 Å². The molecule has 0 spiro atoms. The van der Waals surface area contributed by atoms with Crippen LogP contribution in [0.5, 0.6) is 0 Å². The molecular formula is C11H20O2S. The molecule has 0 bridgehead atoms. The monoisotopic (exact) mass is 216 g/mol. The summed E-state index contributed by atoms with van der Waals surface area (Å²) in [4.78, 5) is 0. The molecule has 0 amide bonds. The molecule has 2 saturated heterocycles. The van der Waals surface area contributed by atoms with Gasteiger partial charge in [-0.2, -0.15) is 11.8 Å². The van der Waals surface area contributed by atoms with Crippen LogP contribution in [0.25, 0.3) is 0 Å². The quantitative estimate of drug-likeness (QED) is 0.502. The highest BCUT2D eigenvalue weighted by Gasteiger charge is 2.21. The van der Waals surface area contributed by atoms with E-state index in [4.69, 9.17) is 9.47 Å². The maximum Gasteiger partial charge on any atom is 0.157 e. The Hall–Kier alpha value is 0.270. The standard InChI is InChI=1S/C11H20O2S/c1(5-10-9-14-10)3-7-12-11-6-2-4-8-13-11/h10-11H,1-9H2. The minimum absolute atomic E-state index is 0.110. The van der Waals surface area contributed by atoms with Crippen LogP contribution in [0.15, 0.2) is 0 Å². The molecule has 2 rings (SSSR count). The van der Waals surface area contributed by atoms with E-state index in [2.05, 4.69) is 11.8 Å². The van der Waals surface area contributed by atoms with Crippen LogP contribution in [0.2, 0.25) is 0 Å². The van der Waals surface area contributed by atoms with Crippen LogP contribution >= 0.6 is 11.8 Å². The van der Waals surface area contributed by atoms with Gasteiger partial charge in [0, 0.05) is 24.2 Å². The van der Waals surface area contributed by atoms with Crippen molar-refractivity contribution in [2.24, 2.45) is 0 Å². The van der Waals surface area contributed by atoms with E-state index in [1.165, 1.54) is 37.9 Å². The molecular weight excluding hydrogens is 196 g/mol.